The third kappa shape index (κ3) is 5.14. The molecule has 1 saturated heterocycles. The molecule has 1 aromatic rings. The Balaban J connectivity index is 1.10. The van der Waals surface area contributed by atoms with Crippen molar-refractivity contribution in [1.29, 1.82) is 0 Å². The molecule has 206 valence electrons. The average molecular weight is 538 g/mol. The third-order valence-electron chi connectivity index (χ3n) is 9.43. The van der Waals surface area contributed by atoms with Gasteiger partial charge in [0, 0.05) is 62.2 Å². The number of Topliss-reactive ketones (excluding diaryl/α,β-unsaturated/α-hetero) is 1. The van der Waals surface area contributed by atoms with Gasteiger partial charge in [0.05, 0.1) is 22.8 Å². The summed E-state index contributed by atoms with van der Waals surface area (Å²) in [5, 5.41) is 1.26. The fourth-order valence-electron chi connectivity index (χ4n) is 6.99. The zero-order valence-electron chi connectivity index (χ0n) is 23.6. The molecular formula is C31H43N3O3S. The Morgan fingerprint density at radius 3 is 2.45 bits per heavy atom. The van der Waals surface area contributed by atoms with Crippen molar-refractivity contribution in [3.05, 3.63) is 38.8 Å². The Kier molecular flexibility index (Phi) is 7.29. The summed E-state index contributed by atoms with van der Waals surface area (Å²) in [5.41, 5.74) is 4.96. The van der Waals surface area contributed by atoms with E-state index in [2.05, 4.69) is 29.8 Å². The van der Waals surface area contributed by atoms with Gasteiger partial charge in [-0.3, -0.25) is 14.5 Å². The lowest BCUT2D eigenvalue weighted by molar-refractivity contribution is -0.115. The second-order valence-corrected chi connectivity index (χ2v) is 13.5. The van der Waals surface area contributed by atoms with E-state index < -0.39 is 0 Å². The number of ether oxygens (including phenoxy) is 1. The van der Waals surface area contributed by atoms with Crippen LogP contribution in [0, 0.1) is 6.92 Å². The van der Waals surface area contributed by atoms with Crippen molar-refractivity contribution in [2.24, 2.45) is 0 Å². The summed E-state index contributed by atoms with van der Waals surface area (Å²) in [5.74, 6) is 0.275. The summed E-state index contributed by atoms with van der Waals surface area (Å²) in [6.45, 7) is 9.53. The molecule has 5 aliphatic rings. The highest BCUT2D eigenvalue weighted by atomic mass is 32.1. The minimum absolute atomic E-state index is 0.106. The van der Waals surface area contributed by atoms with Crippen molar-refractivity contribution in [1.82, 2.24) is 9.80 Å². The second-order valence-electron chi connectivity index (χ2n) is 12.4. The molecule has 3 heterocycles. The highest BCUT2D eigenvalue weighted by molar-refractivity contribution is 7.16. The van der Waals surface area contributed by atoms with E-state index in [0.717, 1.165) is 53.8 Å². The number of hydrogen-bond donors (Lipinski definition) is 0. The normalized spacial score (nSPS) is 27.3. The molecule has 0 radical (unpaired) electrons. The lowest BCUT2D eigenvalue weighted by Crippen LogP contribution is -2.58. The van der Waals surface area contributed by atoms with Crippen LogP contribution in [-0.4, -0.2) is 79.0 Å². The number of carbonyl (C=O) groups excluding carboxylic acids is 2. The maximum atomic E-state index is 13.8. The highest BCUT2D eigenvalue weighted by Gasteiger charge is 2.39. The lowest BCUT2D eigenvalue weighted by Gasteiger charge is -2.47. The summed E-state index contributed by atoms with van der Waals surface area (Å²) in [6.07, 6.45) is 12.9. The average Bonchev–Trinajstić information content (AvgIpc) is 3.64. The zero-order valence-corrected chi connectivity index (χ0v) is 24.4. The standard InChI is InChI=1S/C31H43N3O3S/c1-19-14-20(2)26(27(35)15-19)18-33-13-5-6-28-29(30(33)36)21(3)31(38-28)32(4)22-7-9-23(10-8-22)34-16-25(17-34)37-24-11-12-24/h14,22-25H,5-13,15-18H2,1-4H3. The van der Waals surface area contributed by atoms with Crippen LogP contribution in [0.1, 0.15) is 86.0 Å². The number of nitrogens with zero attached hydrogens (tertiary/aromatic N) is 3. The monoisotopic (exact) mass is 537 g/mol. The Hall–Kier alpha value is -1.96. The van der Waals surface area contributed by atoms with Crippen LogP contribution in [0.25, 0.3) is 0 Å². The van der Waals surface area contributed by atoms with Crippen molar-refractivity contribution in [2.45, 2.75) is 103 Å². The first-order chi connectivity index (χ1) is 18.3. The van der Waals surface area contributed by atoms with Gasteiger partial charge in [0.25, 0.3) is 5.91 Å². The fourth-order valence-corrected chi connectivity index (χ4v) is 8.36. The van der Waals surface area contributed by atoms with Crippen molar-refractivity contribution < 1.29 is 14.3 Å². The van der Waals surface area contributed by atoms with Gasteiger partial charge < -0.3 is 14.5 Å². The van der Waals surface area contributed by atoms with Crippen LogP contribution < -0.4 is 4.90 Å². The van der Waals surface area contributed by atoms with Crippen LogP contribution in [0.2, 0.25) is 0 Å². The molecule has 0 spiro atoms. The van der Waals surface area contributed by atoms with E-state index >= 15 is 0 Å². The Morgan fingerprint density at radius 1 is 1.03 bits per heavy atom. The molecule has 38 heavy (non-hydrogen) atoms. The van der Waals surface area contributed by atoms with Gasteiger partial charge in [-0.15, -0.1) is 11.3 Å². The number of ketones is 1. The van der Waals surface area contributed by atoms with Crippen LogP contribution in [0.5, 0.6) is 0 Å². The molecule has 0 bridgehead atoms. The van der Waals surface area contributed by atoms with Crippen LogP contribution >= 0.6 is 11.3 Å². The maximum absolute atomic E-state index is 13.8. The largest absolute Gasteiger partial charge is 0.372 e. The molecule has 0 atom stereocenters. The molecule has 6 nitrogen and oxygen atoms in total. The lowest BCUT2D eigenvalue weighted by atomic mass is 9.87. The molecule has 0 unspecified atom stereocenters. The molecule has 3 aliphatic carbocycles. The first-order valence-electron chi connectivity index (χ1n) is 14.7. The minimum Gasteiger partial charge on any atom is -0.372 e. The number of likely N-dealkylation sites (tertiary alicyclic amines) is 1. The summed E-state index contributed by atoms with van der Waals surface area (Å²) >= 11 is 1.83. The molecule has 1 aromatic heterocycles. The smallest absolute Gasteiger partial charge is 0.255 e. The van der Waals surface area contributed by atoms with E-state index in [4.69, 9.17) is 4.74 Å². The SMILES string of the molecule is CC1=CC(C)=C(CN2CCCc3sc(N(C)C4CCC(N5CC(OC6CC6)C5)CC4)c(C)c3C2=O)C(=O)C1. The van der Waals surface area contributed by atoms with Crippen LogP contribution in [0.4, 0.5) is 5.00 Å². The molecule has 2 aliphatic heterocycles. The van der Waals surface area contributed by atoms with E-state index in [1.165, 1.54) is 48.4 Å². The van der Waals surface area contributed by atoms with E-state index in [0.29, 0.717) is 43.8 Å². The predicted molar refractivity (Wildman–Crippen MR) is 153 cm³/mol. The van der Waals surface area contributed by atoms with Gasteiger partial charge in [0.2, 0.25) is 0 Å². The number of amides is 1. The van der Waals surface area contributed by atoms with Gasteiger partial charge in [-0.25, -0.2) is 0 Å². The number of thiophene rings is 1. The van der Waals surface area contributed by atoms with Crippen molar-refractivity contribution in [3.8, 4) is 0 Å². The highest BCUT2D eigenvalue weighted by Crippen LogP contribution is 2.41. The van der Waals surface area contributed by atoms with Crippen LogP contribution in [0.15, 0.2) is 22.8 Å². The first kappa shape index (κ1) is 26.3. The molecular weight excluding hydrogens is 494 g/mol. The predicted octanol–water partition coefficient (Wildman–Crippen LogP) is 5.29. The number of fused-ring (bicyclic) bond motifs is 1. The van der Waals surface area contributed by atoms with Gasteiger partial charge in [-0.05, 0) is 83.3 Å². The number of allylic oxidation sites excluding steroid dienone is 3. The fraction of sp³-hybridized carbons (Fsp3) is 0.677. The Bertz CT molecular complexity index is 1170. The van der Waals surface area contributed by atoms with E-state index in [9.17, 15) is 9.59 Å². The minimum atomic E-state index is 0.106. The number of hydrogen-bond acceptors (Lipinski definition) is 6. The zero-order chi connectivity index (χ0) is 26.6. The number of aryl methyl sites for hydroxylation is 1. The van der Waals surface area contributed by atoms with Gasteiger partial charge >= 0.3 is 0 Å². The van der Waals surface area contributed by atoms with E-state index in [1.54, 1.807) is 0 Å². The quantitative estimate of drug-likeness (QED) is 0.473. The molecule has 1 amide bonds. The van der Waals surface area contributed by atoms with Gasteiger partial charge in [-0.2, -0.15) is 0 Å². The van der Waals surface area contributed by atoms with E-state index in [-0.39, 0.29) is 11.7 Å². The number of carbonyl (C=O) groups is 2. The summed E-state index contributed by atoms with van der Waals surface area (Å²) in [7, 11) is 2.23. The molecule has 6 rings (SSSR count). The Morgan fingerprint density at radius 2 is 1.76 bits per heavy atom. The molecule has 2 saturated carbocycles. The van der Waals surface area contributed by atoms with E-state index in [1.807, 2.05) is 30.1 Å². The molecule has 7 heteroatoms. The van der Waals surface area contributed by atoms with Crippen molar-refractivity contribution in [3.63, 3.8) is 0 Å². The summed E-state index contributed by atoms with van der Waals surface area (Å²) < 4.78 is 6.07. The van der Waals surface area contributed by atoms with Crippen LogP contribution in [-0.2, 0) is 16.0 Å². The van der Waals surface area contributed by atoms with Gasteiger partial charge in [-0.1, -0.05) is 11.6 Å². The summed E-state index contributed by atoms with van der Waals surface area (Å²) in [4.78, 5) is 34.9. The third-order valence-corrected chi connectivity index (χ3v) is 10.9. The van der Waals surface area contributed by atoms with Crippen molar-refractivity contribution >= 4 is 28.0 Å². The topological polar surface area (TPSA) is 53.1 Å². The van der Waals surface area contributed by atoms with Crippen LogP contribution in [0.3, 0.4) is 0 Å². The molecule has 3 fully saturated rings. The van der Waals surface area contributed by atoms with Gasteiger partial charge in [0.15, 0.2) is 5.78 Å². The Labute approximate surface area is 231 Å². The molecule has 0 N–H and O–H groups in total. The van der Waals surface area contributed by atoms with Crippen molar-refractivity contribution in [2.75, 3.05) is 38.1 Å². The second kappa shape index (κ2) is 10.5. The maximum Gasteiger partial charge on any atom is 0.255 e. The first-order valence-corrected chi connectivity index (χ1v) is 15.5. The summed E-state index contributed by atoms with van der Waals surface area (Å²) in [6, 6.07) is 1.23. The van der Waals surface area contributed by atoms with Gasteiger partial charge in [0.1, 0.15) is 0 Å². The number of anilines is 1. The molecule has 0 aromatic carbocycles. The number of rotatable bonds is 7.